The van der Waals surface area contributed by atoms with Crippen molar-refractivity contribution in [2.45, 2.75) is 66.2 Å². The lowest BCUT2D eigenvalue weighted by Gasteiger charge is -2.31. The van der Waals surface area contributed by atoms with Gasteiger partial charge in [0.05, 0.1) is 0 Å². The van der Waals surface area contributed by atoms with Crippen molar-refractivity contribution >= 4 is 8.07 Å². The minimum Gasteiger partial charge on any atom is -0.0693 e. The van der Waals surface area contributed by atoms with Gasteiger partial charge in [-0.3, -0.25) is 0 Å². The fourth-order valence-corrected chi connectivity index (χ4v) is 6.61. The normalized spacial score (nSPS) is 13.8. The quantitative estimate of drug-likeness (QED) is 0.573. The molecule has 0 nitrogen and oxygen atoms in total. The Morgan fingerprint density at radius 3 is 1.85 bits per heavy atom. The van der Waals surface area contributed by atoms with Gasteiger partial charge in [0, 0.05) is 8.07 Å². The molecule has 0 aliphatic rings. The SMILES string of the molecule is CC(C)CC[Si](C)(C)CC(C)(C)C. The van der Waals surface area contributed by atoms with Gasteiger partial charge in [0.25, 0.3) is 0 Å². The Morgan fingerprint density at radius 2 is 1.54 bits per heavy atom. The Balaban J connectivity index is 3.94. The first-order chi connectivity index (χ1) is 5.62. The highest BCUT2D eigenvalue weighted by atomic mass is 28.3. The van der Waals surface area contributed by atoms with Gasteiger partial charge in [-0.05, 0) is 11.3 Å². The summed E-state index contributed by atoms with van der Waals surface area (Å²) in [4.78, 5) is 0. The van der Waals surface area contributed by atoms with Crippen LogP contribution < -0.4 is 0 Å². The van der Waals surface area contributed by atoms with Gasteiger partial charge in [0.15, 0.2) is 0 Å². The van der Waals surface area contributed by atoms with E-state index in [0.717, 1.165) is 5.92 Å². The second-order valence-electron chi connectivity index (χ2n) is 6.83. The van der Waals surface area contributed by atoms with Crippen molar-refractivity contribution in [3.05, 3.63) is 0 Å². The minimum absolute atomic E-state index is 0.534. The Morgan fingerprint density at radius 1 is 1.08 bits per heavy atom. The number of hydrogen-bond acceptors (Lipinski definition) is 0. The average Bonchev–Trinajstić information content (AvgIpc) is 1.78. The van der Waals surface area contributed by atoms with Crippen LogP contribution in [0.15, 0.2) is 0 Å². The molecule has 0 aromatic carbocycles. The van der Waals surface area contributed by atoms with E-state index in [1.54, 1.807) is 0 Å². The summed E-state index contributed by atoms with van der Waals surface area (Å²) in [6, 6.07) is 2.97. The second-order valence-corrected chi connectivity index (χ2v) is 12.0. The Bertz CT molecular complexity index is 140. The molecule has 0 aromatic rings. The molecule has 0 unspecified atom stereocenters. The molecule has 0 saturated heterocycles. The van der Waals surface area contributed by atoms with Gasteiger partial charge in [-0.25, -0.2) is 0 Å². The second kappa shape index (κ2) is 4.63. The molecule has 0 radical (unpaired) electrons. The molecule has 0 aliphatic heterocycles. The molecule has 0 aromatic heterocycles. The zero-order valence-corrected chi connectivity index (χ0v) is 11.7. The Kier molecular flexibility index (Phi) is 4.71. The fourth-order valence-electron chi connectivity index (χ4n) is 2.20. The third-order valence-corrected chi connectivity index (χ3v) is 6.07. The largest absolute Gasteiger partial charge is 0.0693 e. The first-order valence-electron chi connectivity index (χ1n) is 5.62. The number of hydrogen-bond donors (Lipinski definition) is 0. The van der Waals surface area contributed by atoms with Crippen molar-refractivity contribution in [3.63, 3.8) is 0 Å². The fraction of sp³-hybridized carbons (Fsp3) is 1.00. The summed E-state index contributed by atoms with van der Waals surface area (Å²) in [6.07, 6.45) is 1.43. The summed E-state index contributed by atoms with van der Waals surface area (Å²) in [5.74, 6) is 0.881. The van der Waals surface area contributed by atoms with Gasteiger partial charge in [0.2, 0.25) is 0 Å². The summed E-state index contributed by atoms with van der Waals surface area (Å²) < 4.78 is 0. The Hall–Kier alpha value is 0.217. The van der Waals surface area contributed by atoms with Crippen LogP contribution in [0.5, 0.6) is 0 Å². The zero-order valence-electron chi connectivity index (χ0n) is 10.7. The third kappa shape index (κ3) is 8.54. The van der Waals surface area contributed by atoms with E-state index in [4.69, 9.17) is 0 Å². The van der Waals surface area contributed by atoms with E-state index in [1.807, 2.05) is 0 Å². The van der Waals surface area contributed by atoms with E-state index >= 15 is 0 Å². The van der Waals surface area contributed by atoms with Crippen LogP contribution in [0.3, 0.4) is 0 Å². The van der Waals surface area contributed by atoms with Crippen LogP contribution in [-0.4, -0.2) is 8.07 Å². The maximum atomic E-state index is 2.54. The van der Waals surface area contributed by atoms with Crippen molar-refractivity contribution in [1.82, 2.24) is 0 Å². The molecule has 0 bridgehead atoms. The van der Waals surface area contributed by atoms with E-state index in [0.29, 0.717) is 5.41 Å². The molecule has 0 rings (SSSR count). The van der Waals surface area contributed by atoms with E-state index in [2.05, 4.69) is 47.7 Å². The van der Waals surface area contributed by atoms with Crippen LogP contribution >= 0.6 is 0 Å². The van der Waals surface area contributed by atoms with Crippen LogP contribution in [0.25, 0.3) is 0 Å². The molecule has 0 amide bonds. The molecular formula is C12H28Si. The molecule has 0 aliphatic carbocycles. The summed E-state index contributed by atoms with van der Waals surface area (Å²) in [5, 5.41) is 0. The molecule has 0 spiro atoms. The van der Waals surface area contributed by atoms with Gasteiger partial charge >= 0.3 is 0 Å². The van der Waals surface area contributed by atoms with Crippen LogP contribution in [-0.2, 0) is 0 Å². The van der Waals surface area contributed by atoms with Crippen molar-refractivity contribution in [2.75, 3.05) is 0 Å². The van der Waals surface area contributed by atoms with E-state index in [-0.39, 0.29) is 0 Å². The van der Waals surface area contributed by atoms with Gasteiger partial charge in [-0.15, -0.1) is 0 Å². The molecular weight excluding hydrogens is 172 g/mol. The highest BCUT2D eigenvalue weighted by Gasteiger charge is 2.26. The lowest BCUT2D eigenvalue weighted by molar-refractivity contribution is 0.458. The van der Waals surface area contributed by atoms with Crippen LogP contribution in [0.4, 0.5) is 0 Å². The Labute approximate surface area is 86.1 Å². The molecule has 0 heterocycles. The molecule has 0 saturated carbocycles. The van der Waals surface area contributed by atoms with Crippen LogP contribution in [0.1, 0.15) is 41.0 Å². The van der Waals surface area contributed by atoms with Gasteiger partial charge in [-0.2, -0.15) is 0 Å². The lowest BCUT2D eigenvalue weighted by Crippen LogP contribution is -2.31. The highest BCUT2D eigenvalue weighted by molar-refractivity contribution is 6.77. The summed E-state index contributed by atoms with van der Waals surface area (Å²) in [7, 11) is -0.902. The average molecular weight is 200 g/mol. The molecule has 13 heavy (non-hydrogen) atoms. The zero-order chi connectivity index (χ0) is 10.7. The summed E-state index contributed by atoms with van der Waals surface area (Å²) in [6.45, 7) is 16.9. The maximum Gasteiger partial charge on any atom is 0.0479 e. The van der Waals surface area contributed by atoms with Crippen molar-refractivity contribution < 1.29 is 0 Å². The standard InChI is InChI=1S/C12H28Si/c1-11(2)8-9-13(6,7)10-12(3,4)5/h11H,8-10H2,1-7H3. The topological polar surface area (TPSA) is 0 Å². The maximum absolute atomic E-state index is 2.54. The smallest absolute Gasteiger partial charge is 0.0479 e. The monoisotopic (exact) mass is 200 g/mol. The predicted octanol–water partition coefficient (Wildman–Crippen LogP) is 4.79. The van der Waals surface area contributed by atoms with Crippen LogP contribution in [0, 0.1) is 11.3 Å². The molecule has 0 N–H and O–H groups in total. The van der Waals surface area contributed by atoms with E-state index in [9.17, 15) is 0 Å². The predicted molar refractivity (Wildman–Crippen MR) is 66.0 cm³/mol. The number of rotatable bonds is 4. The van der Waals surface area contributed by atoms with E-state index in [1.165, 1.54) is 18.5 Å². The lowest BCUT2D eigenvalue weighted by atomic mass is 10.0. The van der Waals surface area contributed by atoms with E-state index < -0.39 is 8.07 Å². The van der Waals surface area contributed by atoms with Gasteiger partial charge in [0.1, 0.15) is 0 Å². The first-order valence-corrected chi connectivity index (χ1v) is 9.04. The first kappa shape index (κ1) is 13.2. The molecule has 0 atom stereocenters. The summed E-state index contributed by atoms with van der Waals surface area (Å²) >= 11 is 0. The van der Waals surface area contributed by atoms with Crippen LogP contribution in [0.2, 0.25) is 25.2 Å². The van der Waals surface area contributed by atoms with Crippen molar-refractivity contribution in [1.29, 1.82) is 0 Å². The van der Waals surface area contributed by atoms with Gasteiger partial charge in [-0.1, -0.05) is 66.2 Å². The summed E-state index contributed by atoms with van der Waals surface area (Å²) in [5.41, 5.74) is 0.534. The van der Waals surface area contributed by atoms with Gasteiger partial charge < -0.3 is 0 Å². The van der Waals surface area contributed by atoms with Crippen molar-refractivity contribution in [2.24, 2.45) is 11.3 Å². The third-order valence-electron chi connectivity index (χ3n) is 2.41. The molecule has 0 fully saturated rings. The van der Waals surface area contributed by atoms with Crippen molar-refractivity contribution in [3.8, 4) is 0 Å². The molecule has 80 valence electrons. The molecule has 1 heteroatoms. The highest BCUT2D eigenvalue weighted by Crippen LogP contribution is 2.31. The minimum atomic E-state index is -0.902.